The van der Waals surface area contributed by atoms with Crippen molar-refractivity contribution in [1.29, 1.82) is 0 Å². The molecule has 2 aromatic rings. The fraction of sp³-hybridized carbons (Fsp3) is 0.462. The highest BCUT2D eigenvalue weighted by Crippen LogP contribution is 2.26. The molecule has 0 aliphatic rings. The molecule has 0 aromatic carbocycles. The molecule has 2 aromatic heterocycles. The number of halogens is 3. The first-order valence-corrected chi connectivity index (χ1v) is 8.17. The van der Waals surface area contributed by atoms with Gasteiger partial charge in [0.15, 0.2) is 10.1 Å². The molecule has 0 amide bonds. The van der Waals surface area contributed by atoms with Crippen LogP contribution in [0.3, 0.4) is 0 Å². The Labute approximate surface area is 133 Å². The minimum absolute atomic E-state index is 0.130. The Morgan fingerprint density at radius 1 is 1.32 bits per heavy atom. The lowest BCUT2D eigenvalue weighted by molar-refractivity contribution is -0.141. The predicted molar refractivity (Wildman–Crippen MR) is 79.7 cm³/mol. The van der Waals surface area contributed by atoms with Crippen LogP contribution in [0.15, 0.2) is 10.4 Å². The highest BCUT2D eigenvalue weighted by molar-refractivity contribution is 8.01. The highest BCUT2D eigenvalue weighted by atomic mass is 32.2. The third-order valence-electron chi connectivity index (χ3n) is 3.05. The lowest BCUT2D eigenvalue weighted by Crippen LogP contribution is -2.19. The SMILES string of the molecule is Cc1nnc(SCC(=O)c2cc(C)n(CC(F)(F)F)c2C)s1. The fourth-order valence-corrected chi connectivity index (χ4v) is 3.75. The van der Waals surface area contributed by atoms with E-state index in [-0.39, 0.29) is 11.5 Å². The van der Waals surface area contributed by atoms with Crippen molar-refractivity contribution in [2.75, 3.05) is 5.75 Å². The molecule has 2 heterocycles. The van der Waals surface area contributed by atoms with Crippen LogP contribution in [-0.4, -0.2) is 32.5 Å². The molecule has 4 nitrogen and oxygen atoms in total. The Kier molecular flexibility index (Phi) is 4.96. The van der Waals surface area contributed by atoms with E-state index in [1.165, 1.54) is 36.1 Å². The van der Waals surface area contributed by atoms with Gasteiger partial charge in [0.05, 0.1) is 5.75 Å². The van der Waals surface area contributed by atoms with Crippen LogP contribution in [0.1, 0.15) is 26.8 Å². The number of hydrogen-bond acceptors (Lipinski definition) is 5. The van der Waals surface area contributed by atoms with Crippen molar-refractivity contribution >= 4 is 28.9 Å². The summed E-state index contributed by atoms with van der Waals surface area (Å²) in [7, 11) is 0. The number of alkyl halides is 3. The van der Waals surface area contributed by atoms with Gasteiger partial charge in [-0.1, -0.05) is 23.1 Å². The normalized spacial score (nSPS) is 11.9. The zero-order chi connectivity index (χ0) is 16.5. The number of rotatable bonds is 5. The fourth-order valence-electron chi connectivity index (χ4n) is 2.05. The molecule has 0 unspecified atom stereocenters. The maximum atomic E-state index is 12.6. The molecule has 120 valence electrons. The number of nitrogens with zero attached hydrogens (tertiary/aromatic N) is 3. The topological polar surface area (TPSA) is 47.8 Å². The van der Waals surface area contributed by atoms with Crippen LogP contribution in [0.25, 0.3) is 0 Å². The van der Waals surface area contributed by atoms with Crippen LogP contribution >= 0.6 is 23.1 Å². The second-order valence-electron chi connectivity index (χ2n) is 4.78. The summed E-state index contributed by atoms with van der Waals surface area (Å²) in [6.07, 6.45) is -4.31. The number of carbonyl (C=O) groups is 1. The molecule has 0 aliphatic carbocycles. The maximum Gasteiger partial charge on any atom is 0.406 e. The second-order valence-corrected chi connectivity index (χ2v) is 7.19. The van der Waals surface area contributed by atoms with E-state index < -0.39 is 12.7 Å². The average molecular weight is 349 g/mol. The first kappa shape index (κ1) is 17.0. The number of hydrogen-bond donors (Lipinski definition) is 0. The molecule has 22 heavy (non-hydrogen) atoms. The van der Waals surface area contributed by atoms with Gasteiger partial charge in [0.1, 0.15) is 11.6 Å². The van der Waals surface area contributed by atoms with E-state index in [0.29, 0.717) is 21.3 Å². The standard InChI is InChI=1S/C13H14F3N3OS2/c1-7-4-10(8(2)19(7)6-13(14,15)16)11(20)5-21-12-18-17-9(3)22-12/h4H,5-6H2,1-3H3. The smallest absolute Gasteiger partial charge is 0.339 e. The minimum atomic E-state index is -4.31. The van der Waals surface area contributed by atoms with Crippen molar-refractivity contribution in [1.82, 2.24) is 14.8 Å². The van der Waals surface area contributed by atoms with Gasteiger partial charge < -0.3 is 4.57 Å². The van der Waals surface area contributed by atoms with Gasteiger partial charge in [-0.05, 0) is 26.8 Å². The summed E-state index contributed by atoms with van der Waals surface area (Å²) in [6, 6.07) is 1.51. The minimum Gasteiger partial charge on any atom is -0.339 e. The number of aromatic nitrogens is 3. The molecule has 0 saturated heterocycles. The van der Waals surface area contributed by atoms with Crippen molar-refractivity contribution < 1.29 is 18.0 Å². The Morgan fingerprint density at radius 3 is 2.55 bits per heavy atom. The summed E-state index contributed by atoms with van der Waals surface area (Å²) in [5.74, 6) is -0.0790. The average Bonchev–Trinajstić information content (AvgIpc) is 2.93. The van der Waals surface area contributed by atoms with Gasteiger partial charge in [0.2, 0.25) is 0 Å². The number of thioether (sulfide) groups is 1. The third-order valence-corrected chi connectivity index (χ3v) is 5.02. The van der Waals surface area contributed by atoms with Crippen LogP contribution in [-0.2, 0) is 6.54 Å². The van der Waals surface area contributed by atoms with Crippen molar-refractivity contribution in [2.24, 2.45) is 0 Å². The van der Waals surface area contributed by atoms with Gasteiger partial charge in [-0.2, -0.15) is 13.2 Å². The quantitative estimate of drug-likeness (QED) is 0.608. The van der Waals surface area contributed by atoms with Gasteiger partial charge >= 0.3 is 6.18 Å². The summed E-state index contributed by atoms with van der Waals surface area (Å²) in [5, 5.41) is 8.55. The van der Waals surface area contributed by atoms with E-state index in [2.05, 4.69) is 10.2 Å². The molecule has 9 heteroatoms. The van der Waals surface area contributed by atoms with Crippen LogP contribution < -0.4 is 0 Å². The largest absolute Gasteiger partial charge is 0.406 e. The molecule has 0 aliphatic heterocycles. The van der Waals surface area contributed by atoms with Gasteiger partial charge in [-0.3, -0.25) is 4.79 Å². The molecular weight excluding hydrogens is 335 g/mol. The molecular formula is C13H14F3N3OS2. The molecule has 0 fully saturated rings. The highest BCUT2D eigenvalue weighted by Gasteiger charge is 2.30. The van der Waals surface area contributed by atoms with Gasteiger partial charge in [-0.15, -0.1) is 10.2 Å². The van der Waals surface area contributed by atoms with Crippen molar-refractivity contribution in [3.63, 3.8) is 0 Å². The van der Waals surface area contributed by atoms with E-state index in [0.717, 1.165) is 9.57 Å². The first-order chi connectivity index (χ1) is 10.2. The number of carbonyl (C=O) groups excluding carboxylic acids is 1. The zero-order valence-electron chi connectivity index (χ0n) is 12.2. The van der Waals surface area contributed by atoms with Gasteiger partial charge in [0, 0.05) is 17.0 Å². The van der Waals surface area contributed by atoms with E-state index in [1.54, 1.807) is 6.92 Å². The van der Waals surface area contributed by atoms with E-state index in [4.69, 9.17) is 0 Å². The molecule has 0 bridgehead atoms. The summed E-state index contributed by atoms with van der Waals surface area (Å²) < 4.78 is 39.5. The molecule has 0 radical (unpaired) electrons. The summed E-state index contributed by atoms with van der Waals surface area (Å²) in [5.41, 5.74) is 1.10. The third kappa shape index (κ3) is 4.10. The molecule has 0 atom stereocenters. The summed E-state index contributed by atoms with van der Waals surface area (Å²) >= 11 is 2.62. The molecule has 0 spiro atoms. The monoisotopic (exact) mass is 349 g/mol. The molecule has 2 rings (SSSR count). The number of Topliss-reactive ketones (excluding diaryl/α,β-unsaturated/α-hetero) is 1. The van der Waals surface area contributed by atoms with Crippen LogP contribution in [0.4, 0.5) is 13.2 Å². The predicted octanol–water partition coefficient (Wildman–Crippen LogP) is 3.80. The lowest BCUT2D eigenvalue weighted by Gasteiger charge is -2.12. The second kappa shape index (κ2) is 6.41. The van der Waals surface area contributed by atoms with Crippen molar-refractivity contribution in [3.05, 3.63) is 28.0 Å². The Balaban J connectivity index is 2.11. The van der Waals surface area contributed by atoms with E-state index in [1.807, 2.05) is 6.92 Å². The summed E-state index contributed by atoms with van der Waals surface area (Å²) in [4.78, 5) is 12.2. The van der Waals surface area contributed by atoms with Crippen LogP contribution in [0.5, 0.6) is 0 Å². The van der Waals surface area contributed by atoms with Gasteiger partial charge in [-0.25, -0.2) is 0 Å². The maximum absolute atomic E-state index is 12.6. The van der Waals surface area contributed by atoms with Crippen molar-refractivity contribution in [3.8, 4) is 0 Å². The Bertz CT molecular complexity index is 691. The zero-order valence-corrected chi connectivity index (χ0v) is 13.8. The Morgan fingerprint density at radius 2 is 2.00 bits per heavy atom. The van der Waals surface area contributed by atoms with E-state index in [9.17, 15) is 18.0 Å². The molecule has 0 saturated carbocycles. The lowest BCUT2D eigenvalue weighted by atomic mass is 10.2. The number of ketones is 1. The Hall–Kier alpha value is -1.35. The number of aryl methyl sites for hydroxylation is 2. The van der Waals surface area contributed by atoms with Crippen LogP contribution in [0, 0.1) is 20.8 Å². The molecule has 0 N–H and O–H groups in total. The van der Waals surface area contributed by atoms with Crippen LogP contribution in [0.2, 0.25) is 0 Å². The van der Waals surface area contributed by atoms with Crippen molar-refractivity contribution in [2.45, 2.75) is 37.8 Å². The van der Waals surface area contributed by atoms with Gasteiger partial charge in [0.25, 0.3) is 0 Å². The summed E-state index contributed by atoms with van der Waals surface area (Å²) in [6.45, 7) is 3.83. The van der Waals surface area contributed by atoms with E-state index >= 15 is 0 Å². The first-order valence-electron chi connectivity index (χ1n) is 6.37.